The highest BCUT2D eigenvalue weighted by Crippen LogP contribution is 2.32. The van der Waals surface area contributed by atoms with Gasteiger partial charge in [-0.05, 0) is 43.2 Å². The summed E-state index contributed by atoms with van der Waals surface area (Å²) in [5.41, 5.74) is 1.88. The molecule has 11 nitrogen and oxygen atoms in total. The molecule has 2 aromatic rings. The number of amides is 5. The fourth-order valence-corrected chi connectivity index (χ4v) is 4.48. The molecule has 4 rings (SSSR count). The molecule has 38 heavy (non-hydrogen) atoms. The van der Waals surface area contributed by atoms with E-state index in [9.17, 15) is 24.0 Å². The number of benzene rings is 2. The van der Waals surface area contributed by atoms with Gasteiger partial charge in [-0.25, -0.2) is 0 Å². The molecule has 1 saturated heterocycles. The van der Waals surface area contributed by atoms with Gasteiger partial charge in [-0.2, -0.15) is 0 Å². The molecule has 0 bridgehead atoms. The van der Waals surface area contributed by atoms with Gasteiger partial charge in [0.05, 0.1) is 30.4 Å². The van der Waals surface area contributed by atoms with Gasteiger partial charge in [0.2, 0.25) is 17.7 Å². The lowest BCUT2D eigenvalue weighted by atomic mass is 10.0. The Morgan fingerprint density at radius 3 is 2.53 bits per heavy atom. The maximum Gasteiger partial charge on any atom is 0.264 e. The first-order chi connectivity index (χ1) is 18.3. The molecule has 0 spiro atoms. The van der Waals surface area contributed by atoms with E-state index in [0.29, 0.717) is 37.8 Å². The molecule has 0 saturated carbocycles. The van der Waals surface area contributed by atoms with Gasteiger partial charge in [-0.1, -0.05) is 18.2 Å². The van der Waals surface area contributed by atoms with Gasteiger partial charge in [-0.3, -0.25) is 34.2 Å². The summed E-state index contributed by atoms with van der Waals surface area (Å²) < 4.78 is 11.3. The van der Waals surface area contributed by atoms with Gasteiger partial charge in [0.25, 0.3) is 11.8 Å². The highest BCUT2D eigenvalue weighted by atomic mass is 16.5. The van der Waals surface area contributed by atoms with E-state index in [4.69, 9.17) is 9.47 Å². The number of nitrogens with one attached hydrogen (secondary N) is 3. The van der Waals surface area contributed by atoms with Crippen molar-refractivity contribution in [3.63, 3.8) is 0 Å². The van der Waals surface area contributed by atoms with Crippen LogP contribution in [0.25, 0.3) is 0 Å². The summed E-state index contributed by atoms with van der Waals surface area (Å²) in [5.74, 6) is -1.56. The van der Waals surface area contributed by atoms with Crippen molar-refractivity contribution in [3.8, 4) is 5.75 Å². The van der Waals surface area contributed by atoms with Crippen LogP contribution in [0, 0.1) is 0 Å². The van der Waals surface area contributed by atoms with Gasteiger partial charge in [0, 0.05) is 25.6 Å². The van der Waals surface area contributed by atoms with Crippen molar-refractivity contribution in [1.29, 1.82) is 0 Å². The van der Waals surface area contributed by atoms with Gasteiger partial charge in [-0.15, -0.1) is 0 Å². The minimum absolute atomic E-state index is 0.0685. The molecular weight excluding hydrogens is 492 g/mol. The molecule has 3 N–H and O–H groups in total. The van der Waals surface area contributed by atoms with Gasteiger partial charge < -0.3 is 20.1 Å². The van der Waals surface area contributed by atoms with Crippen LogP contribution in [0.1, 0.15) is 59.0 Å². The van der Waals surface area contributed by atoms with Crippen molar-refractivity contribution in [1.82, 2.24) is 15.5 Å². The molecule has 2 aliphatic rings. The number of hydrogen-bond donors (Lipinski definition) is 3. The fourth-order valence-electron chi connectivity index (χ4n) is 4.48. The Bertz CT molecular complexity index is 1240. The van der Waals surface area contributed by atoms with Crippen LogP contribution in [0.5, 0.6) is 5.75 Å². The van der Waals surface area contributed by atoms with Gasteiger partial charge >= 0.3 is 0 Å². The third-order valence-corrected chi connectivity index (χ3v) is 6.33. The third kappa shape index (κ3) is 6.00. The molecule has 1 fully saturated rings. The van der Waals surface area contributed by atoms with Crippen molar-refractivity contribution in [3.05, 3.63) is 59.2 Å². The molecule has 0 aliphatic carbocycles. The van der Waals surface area contributed by atoms with E-state index >= 15 is 0 Å². The molecular formula is C27H30N4O7. The monoisotopic (exact) mass is 522 g/mol. The average Bonchev–Trinajstić information content (AvgIpc) is 3.14. The van der Waals surface area contributed by atoms with Crippen LogP contribution in [-0.2, 0) is 19.1 Å². The van der Waals surface area contributed by atoms with Gasteiger partial charge in [0.1, 0.15) is 18.4 Å². The standard InChI is InChI=1S/C27H30N4O7/c1-16(29-17(2)32)18-6-8-19(9-7-18)38-15-14-37-13-12-28-21-5-3-4-20-24(21)27(36)31(26(20)35)22-10-11-23(33)30-25(22)34/h3-9,16,22,28H,10-15H2,1-2H3,(H,29,32)(H,30,33,34)/t16-,22-/m0/s1. The quantitative estimate of drug-likeness (QED) is 0.299. The Hall–Kier alpha value is -4.25. The summed E-state index contributed by atoms with van der Waals surface area (Å²) in [6, 6.07) is 11.3. The number of carbonyl (C=O) groups excluding carboxylic acids is 5. The largest absolute Gasteiger partial charge is 0.491 e. The Labute approximate surface area is 219 Å². The van der Waals surface area contributed by atoms with Crippen LogP contribution in [-0.4, -0.2) is 66.8 Å². The van der Waals surface area contributed by atoms with Crippen LogP contribution in [0.2, 0.25) is 0 Å². The van der Waals surface area contributed by atoms with E-state index in [0.717, 1.165) is 10.5 Å². The Kier molecular flexibility index (Phi) is 8.37. The number of carbonyl (C=O) groups is 5. The molecule has 2 atom stereocenters. The Morgan fingerprint density at radius 1 is 1.05 bits per heavy atom. The van der Waals surface area contributed by atoms with E-state index in [2.05, 4.69) is 16.0 Å². The fraction of sp³-hybridized carbons (Fsp3) is 0.370. The number of imide groups is 2. The van der Waals surface area contributed by atoms with Crippen molar-refractivity contribution in [2.24, 2.45) is 0 Å². The first kappa shape index (κ1) is 26.8. The minimum atomic E-state index is -1.01. The summed E-state index contributed by atoms with van der Waals surface area (Å²) in [7, 11) is 0. The van der Waals surface area contributed by atoms with Crippen LogP contribution in [0.15, 0.2) is 42.5 Å². The molecule has 2 aromatic carbocycles. The van der Waals surface area contributed by atoms with E-state index in [-0.39, 0.29) is 35.9 Å². The molecule has 0 unspecified atom stereocenters. The Morgan fingerprint density at radius 2 is 1.82 bits per heavy atom. The number of nitrogens with zero attached hydrogens (tertiary/aromatic N) is 1. The van der Waals surface area contributed by atoms with E-state index < -0.39 is 29.7 Å². The summed E-state index contributed by atoms with van der Waals surface area (Å²) in [4.78, 5) is 61.8. The lowest BCUT2D eigenvalue weighted by Crippen LogP contribution is -2.54. The van der Waals surface area contributed by atoms with Crippen LogP contribution < -0.4 is 20.7 Å². The predicted octanol–water partition coefficient (Wildman–Crippen LogP) is 1.79. The highest BCUT2D eigenvalue weighted by Gasteiger charge is 2.45. The zero-order chi connectivity index (χ0) is 27.2. The maximum atomic E-state index is 13.1. The van der Waals surface area contributed by atoms with Crippen LogP contribution in [0.3, 0.4) is 0 Å². The summed E-state index contributed by atoms with van der Waals surface area (Å²) in [6.07, 6.45) is 0.175. The maximum absolute atomic E-state index is 13.1. The molecule has 2 aliphatic heterocycles. The smallest absolute Gasteiger partial charge is 0.264 e. The highest BCUT2D eigenvalue weighted by molar-refractivity contribution is 6.25. The topological polar surface area (TPSA) is 143 Å². The SMILES string of the molecule is CC(=O)N[C@@H](C)c1ccc(OCCOCCNc2cccc3c2C(=O)N([C@H]2CCC(=O)NC2=O)C3=O)cc1. The van der Waals surface area contributed by atoms with Crippen LogP contribution >= 0.6 is 0 Å². The van der Waals surface area contributed by atoms with Crippen LogP contribution in [0.4, 0.5) is 5.69 Å². The summed E-state index contributed by atoms with van der Waals surface area (Å²) in [6.45, 7) is 4.79. The second kappa shape index (κ2) is 11.9. The summed E-state index contributed by atoms with van der Waals surface area (Å²) >= 11 is 0. The number of fused-ring (bicyclic) bond motifs is 1. The van der Waals surface area contributed by atoms with E-state index in [1.807, 2.05) is 31.2 Å². The normalized spacial score (nSPS) is 17.6. The first-order valence-corrected chi connectivity index (χ1v) is 12.4. The molecule has 11 heteroatoms. The zero-order valence-corrected chi connectivity index (χ0v) is 21.2. The lowest BCUT2D eigenvalue weighted by molar-refractivity contribution is -0.136. The second-order valence-corrected chi connectivity index (χ2v) is 9.05. The second-order valence-electron chi connectivity index (χ2n) is 9.05. The van der Waals surface area contributed by atoms with Crippen molar-refractivity contribution < 1.29 is 33.4 Å². The summed E-state index contributed by atoms with van der Waals surface area (Å²) in [5, 5.41) is 8.15. The number of hydrogen-bond acceptors (Lipinski definition) is 8. The van der Waals surface area contributed by atoms with Gasteiger partial charge in [0.15, 0.2) is 0 Å². The van der Waals surface area contributed by atoms with E-state index in [1.165, 1.54) is 6.92 Å². The number of piperidine rings is 1. The predicted molar refractivity (Wildman–Crippen MR) is 137 cm³/mol. The molecule has 2 heterocycles. The minimum Gasteiger partial charge on any atom is -0.491 e. The van der Waals surface area contributed by atoms with E-state index in [1.54, 1.807) is 18.2 Å². The first-order valence-electron chi connectivity index (χ1n) is 12.4. The lowest BCUT2D eigenvalue weighted by Gasteiger charge is -2.27. The number of ether oxygens (including phenoxy) is 2. The molecule has 5 amide bonds. The average molecular weight is 523 g/mol. The Balaban J connectivity index is 1.22. The molecule has 0 aromatic heterocycles. The number of rotatable bonds is 11. The van der Waals surface area contributed by atoms with Crippen molar-refractivity contribution >= 4 is 35.2 Å². The van der Waals surface area contributed by atoms with Crippen molar-refractivity contribution in [2.75, 3.05) is 31.7 Å². The zero-order valence-electron chi connectivity index (χ0n) is 21.2. The number of anilines is 1. The molecule has 0 radical (unpaired) electrons. The third-order valence-electron chi connectivity index (χ3n) is 6.33. The molecule has 200 valence electrons. The van der Waals surface area contributed by atoms with Crippen molar-refractivity contribution in [2.45, 2.75) is 38.8 Å².